The number of hydrogen-bond donors (Lipinski definition) is 1. The topological polar surface area (TPSA) is 75.4 Å². The van der Waals surface area contributed by atoms with Crippen LogP contribution in [0.15, 0.2) is 29.1 Å². The van der Waals surface area contributed by atoms with Crippen molar-refractivity contribution in [2.24, 2.45) is 29.6 Å². The largest absolute Gasteiger partial charge is 0.476 e. The van der Waals surface area contributed by atoms with Crippen LogP contribution in [-0.2, 0) is 0 Å². The van der Waals surface area contributed by atoms with E-state index in [4.69, 9.17) is 0 Å². The molecule has 4 fully saturated rings. The molecule has 37 heavy (non-hydrogen) atoms. The molecule has 0 spiro atoms. The number of hydrogen-bond acceptors (Lipinski definition) is 4. The van der Waals surface area contributed by atoms with Gasteiger partial charge >= 0.3 is 5.97 Å². The van der Waals surface area contributed by atoms with E-state index in [1.807, 2.05) is 24.3 Å². The minimum Gasteiger partial charge on any atom is -0.476 e. The number of carboxylic acids is 1. The summed E-state index contributed by atoms with van der Waals surface area (Å²) in [5.41, 5.74) is 0.565. The summed E-state index contributed by atoms with van der Waals surface area (Å²) in [6.07, 6.45) is 12.5. The second-order valence-corrected chi connectivity index (χ2v) is 12.9. The van der Waals surface area contributed by atoms with Crippen molar-refractivity contribution in [3.63, 3.8) is 0 Å². The number of nitrogens with zero attached hydrogens (tertiary/aromatic N) is 3. The zero-order valence-corrected chi connectivity index (χ0v) is 22.7. The molecule has 2 aliphatic heterocycles. The Bertz CT molecular complexity index is 1220. The molecule has 4 bridgehead atoms. The fourth-order valence-electron chi connectivity index (χ4n) is 9.10. The first-order chi connectivity index (χ1) is 17.9. The molecule has 9 unspecified atom stereocenters. The highest BCUT2D eigenvalue weighted by molar-refractivity contribution is 5.88. The molecule has 3 heterocycles. The Balaban J connectivity index is 1.34. The molecule has 2 saturated heterocycles. The van der Waals surface area contributed by atoms with E-state index in [1.165, 1.54) is 51.4 Å². The van der Waals surface area contributed by atoms with Crippen molar-refractivity contribution >= 4 is 17.0 Å². The van der Waals surface area contributed by atoms with E-state index in [1.54, 1.807) is 4.57 Å². The van der Waals surface area contributed by atoms with Gasteiger partial charge < -0.3 is 9.67 Å². The van der Waals surface area contributed by atoms with Crippen LogP contribution in [0.3, 0.4) is 0 Å². The summed E-state index contributed by atoms with van der Waals surface area (Å²) >= 11 is 0. The molecular formula is C31H43N3O3. The molecule has 6 nitrogen and oxygen atoms in total. The van der Waals surface area contributed by atoms with Crippen LogP contribution in [0.5, 0.6) is 0 Å². The zero-order valence-electron chi connectivity index (χ0n) is 22.7. The summed E-state index contributed by atoms with van der Waals surface area (Å²) in [5, 5.41) is 9.74. The summed E-state index contributed by atoms with van der Waals surface area (Å²) in [5.74, 6) is 2.75. The lowest BCUT2D eigenvalue weighted by Gasteiger charge is -2.56. The molecule has 0 amide bonds. The van der Waals surface area contributed by atoms with Crippen LogP contribution in [0.25, 0.3) is 11.0 Å². The summed E-state index contributed by atoms with van der Waals surface area (Å²) in [6, 6.07) is 9.12. The average molecular weight is 506 g/mol. The SMILES string of the molecule is CCC1CC2CCC(CC(N3C4CCC(C)C3CC(n3c(=O)c(C(=O)O)nc5ccccc53)C4)C2)C1C. The quantitative estimate of drug-likeness (QED) is 0.540. The number of benzene rings is 1. The normalized spacial score (nSPS) is 38.3. The Morgan fingerprint density at radius 1 is 0.973 bits per heavy atom. The predicted octanol–water partition coefficient (Wildman–Crippen LogP) is 6.14. The number of carboxylic acid groups (broad SMARTS) is 1. The molecule has 9 atom stereocenters. The van der Waals surface area contributed by atoms with Crippen molar-refractivity contribution in [2.45, 2.75) is 109 Å². The zero-order chi connectivity index (χ0) is 25.8. The van der Waals surface area contributed by atoms with Crippen molar-refractivity contribution in [1.82, 2.24) is 14.5 Å². The minimum absolute atomic E-state index is 0.0150. The van der Waals surface area contributed by atoms with Crippen LogP contribution < -0.4 is 5.56 Å². The van der Waals surface area contributed by atoms with E-state index in [2.05, 4.69) is 30.7 Å². The van der Waals surface area contributed by atoms with Crippen LogP contribution in [0, 0.1) is 29.6 Å². The smallest absolute Gasteiger partial charge is 0.360 e. The Kier molecular flexibility index (Phi) is 6.67. The highest BCUT2D eigenvalue weighted by Crippen LogP contribution is 2.50. The van der Waals surface area contributed by atoms with Crippen LogP contribution in [-0.4, -0.2) is 43.7 Å². The van der Waals surface area contributed by atoms with Crippen LogP contribution in [0.4, 0.5) is 0 Å². The van der Waals surface area contributed by atoms with Gasteiger partial charge in [0.2, 0.25) is 5.69 Å². The molecular weight excluding hydrogens is 462 g/mol. The van der Waals surface area contributed by atoms with Gasteiger partial charge in [-0.15, -0.1) is 0 Å². The molecule has 2 saturated carbocycles. The molecule has 6 rings (SSSR count). The van der Waals surface area contributed by atoms with Crippen molar-refractivity contribution in [1.29, 1.82) is 0 Å². The monoisotopic (exact) mass is 505 g/mol. The van der Waals surface area contributed by atoms with E-state index in [0.717, 1.165) is 42.0 Å². The number of aromatic nitrogens is 2. The maximum Gasteiger partial charge on any atom is 0.360 e. The van der Waals surface area contributed by atoms with Gasteiger partial charge in [0.15, 0.2) is 0 Å². The Morgan fingerprint density at radius 3 is 2.57 bits per heavy atom. The molecule has 1 aromatic heterocycles. The van der Waals surface area contributed by atoms with Gasteiger partial charge in [-0.2, -0.15) is 0 Å². The van der Waals surface area contributed by atoms with E-state index >= 15 is 0 Å². The number of para-hydroxylation sites is 2. The third-order valence-corrected chi connectivity index (χ3v) is 11.0. The lowest BCUT2D eigenvalue weighted by atomic mass is 9.71. The summed E-state index contributed by atoms with van der Waals surface area (Å²) in [6.45, 7) is 7.32. The molecule has 1 aromatic carbocycles. The number of fused-ring (bicyclic) bond motifs is 6. The first kappa shape index (κ1) is 25.1. The van der Waals surface area contributed by atoms with E-state index in [-0.39, 0.29) is 11.7 Å². The van der Waals surface area contributed by atoms with Gasteiger partial charge in [0.25, 0.3) is 5.56 Å². The lowest BCUT2D eigenvalue weighted by molar-refractivity contribution is -0.0588. The number of aromatic carboxylic acids is 1. The first-order valence-electron chi connectivity index (χ1n) is 14.9. The second kappa shape index (κ2) is 9.83. The fourth-order valence-corrected chi connectivity index (χ4v) is 9.10. The van der Waals surface area contributed by atoms with Crippen molar-refractivity contribution in [3.05, 3.63) is 40.3 Å². The second-order valence-electron chi connectivity index (χ2n) is 12.9. The lowest BCUT2D eigenvalue weighted by Crippen LogP contribution is -2.60. The van der Waals surface area contributed by atoms with Crippen LogP contribution in [0.2, 0.25) is 0 Å². The third-order valence-electron chi connectivity index (χ3n) is 11.0. The van der Waals surface area contributed by atoms with Gasteiger partial charge in [-0.1, -0.05) is 45.7 Å². The van der Waals surface area contributed by atoms with Crippen molar-refractivity contribution in [2.75, 3.05) is 0 Å². The molecule has 2 aliphatic carbocycles. The molecule has 6 heteroatoms. The fraction of sp³-hybridized carbons (Fsp3) is 0.710. The Morgan fingerprint density at radius 2 is 1.78 bits per heavy atom. The van der Waals surface area contributed by atoms with Crippen molar-refractivity contribution in [3.8, 4) is 0 Å². The van der Waals surface area contributed by atoms with Crippen molar-refractivity contribution < 1.29 is 9.90 Å². The van der Waals surface area contributed by atoms with Gasteiger partial charge in [-0.3, -0.25) is 9.69 Å². The third kappa shape index (κ3) is 4.33. The molecule has 1 N–H and O–H groups in total. The number of rotatable bonds is 4. The molecule has 0 radical (unpaired) electrons. The van der Waals surface area contributed by atoms with Crippen LogP contribution in [0.1, 0.15) is 102 Å². The Labute approximate surface area is 220 Å². The minimum atomic E-state index is -1.24. The average Bonchev–Trinajstić information content (AvgIpc) is 3.18. The highest BCUT2D eigenvalue weighted by atomic mass is 16.4. The van der Waals surface area contributed by atoms with Crippen LogP contribution >= 0.6 is 0 Å². The summed E-state index contributed by atoms with van der Waals surface area (Å²) < 4.78 is 1.80. The summed E-state index contributed by atoms with van der Waals surface area (Å²) in [7, 11) is 0. The maximum absolute atomic E-state index is 13.5. The molecule has 2 aromatic rings. The maximum atomic E-state index is 13.5. The summed E-state index contributed by atoms with van der Waals surface area (Å²) in [4.78, 5) is 32.6. The predicted molar refractivity (Wildman–Crippen MR) is 146 cm³/mol. The Hall–Kier alpha value is -2.21. The van der Waals surface area contributed by atoms with Gasteiger partial charge in [0.05, 0.1) is 11.0 Å². The van der Waals surface area contributed by atoms with E-state index in [9.17, 15) is 14.7 Å². The first-order valence-corrected chi connectivity index (χ1v) is 14.9. The van der Waals surface area contributed by atoms with Gasteiger partial charge in [-0.25, -0.2) is 9.78 Å². The molecule has 200 valence electrons. The standard InChI is InChI=1S/C31H43N3O3/c1-4-21-13-20-10-11-22(19(21)3)15-24(14-20)33-23-12-9-18(2)28(33)17-25(16-23)34-27-8-6-5-7-26(27)32-29(30(34)35)31(36)37/h5-8,18-25,28H,4,9-17H2,1-3H3,(H,36,37). The van der Waals surface area contributed by atoms with E-state index in [0.29, 0.717) is 29.6 Å². The number of piperidine rings is 2. The van der Waals surface area contributed by atoms with Gasteiger partial charge in [0.1, 0.15) is 0 Å². The highest BCUT2D eigenvalue weighted by Gasteiger charge is 2.48. The van der Waals surface area contributed by atoms with Gasteiger partial charge in [0, 0.05) is 24.2 Å². The van der Waals surface area contributed by atoms with Gasteiger partial charge in [-0.05, 0) is 93.1 Å². The molecule has 4 aliphatic rings. The number of carbonyl (C=O) groups is 1. The van der Waals surface area contributed by atoms with E-state index < -0.39 is 11.5 Å².